The third-order valence-corrected chi connectivity index (χ3v) is 8.67. The third-order valence-electron chi connectivity index (χ3n) is 8.67. The van der Waals surface area contributed by atoms with Crippen LogP contribution in [-0.4, -0.2) is 44.4 Å². The van der Waals surface area contributed by atoms with Crippen LogP contribution < -0.4 is 10.2 Å². The van der Waals surface area contributed by atoms with Crippen molar-refractivity contribution in [3.63, 3.8) is 0 Å². The Hall–Kier alpha value is -4.06. The maximum absolute atomic E-state index is 12.9. The molecule has 9 heteroatoms. The molecule has 3 aliphatic rings. The Kier molecular flexibility index (Phi) is 5.78. The van der Waals surface area contributed by atoms with Gasteiger partial charge in [0.2, 0.25) is 5.91 Å². The van der Waals surface area contributed by atoms with Crippen molar-refractivity contribution < 1.29 is 9.59 Å². The molecule has 0 radical (unpaired) electrons. The molecule has 1 aromatic carbocycles. The molecule has 9 nitrogen and oxygen atoms in total. The molecular formula is C29H31N7O2. The first-order valence-corrected chi connectivity index (χ1v) is 13.3. The number of nitriles is 1. The van der Waals surface area contributed by atoms with Gasteiger partial charge in [0.05, 0.1) is 23.9 Å². The van der Waals surface area contributed by atoms with Crippen LogP contribution in [0.1, 0.15) is 82.0 Å². The number of carbonyl (C=O) groups is 2. The molecule has 1 N–H and O–H groups in total. The zero-order chi connectivity index (χ0) is 26.7. The first-order chi connectivity index (χ1) is 18.2. The topological polar surface area (TPSA) is 117 Å². The Labute approximate surface area is 221 Å². The summed E-state index contributed by atoms with van der Waals surface area (Å²) < 4.78 is 1.68. The van der Waals surface area contributed by atoms with Crippen molar-refractivity contribution in [2.45, 2.75) is 65.0 Å². The molecule has 2 saturated carbocycles. The van der Waals surface area contributed by atoms with E-state index in [1.165, 1.54) is 0 Å². The molecular weight excluding hydrogens is 478 g/mol. The van der Waals surface area contributed by atoms with Crippen LogP contribution >= 0.6 is 0 Å². The lowest BCUT2D eigenvalue weighted by molar-refractivity contribution is -0.118. The van der Waals surface area contributed by atoms with Crippen molar-refractivity contribution in [1.29, 1.82) is 5.26 Å². The van der Waals surface area contributed by atoms with Gasteiger partial charge in [0, 0.05) is 24.7 Å². The Balaban J connectivity index is 1.11. The summed E-state index contributed by atoms with van der Waals surface area (Å²) in [5.74, 6) is 1.66. The van der Waals surface area contributed by atoms with Crippen LogP contribution in [0.2, 0.25) is 0 Å². The Morgan fingerprint density at radius 3 is 2.68 bits per heavy atom. The predicted molar refractivity (Wildman–Crippen MR) is 141 cm³/mol. The minimum absolute atomic E-state index is 0.0445. The predicted octanol–water partition coefficient (Wildman–Crippen LogP) is 3.74. The molecule has 3 heterocycles. The van der Waals surface area contributed by atoms with Crippen molar-refractivity contribution in [3.05, 3.63) is 69.7 Å². The molecule has 1 aliphatic heterocycles. The van der Waals surface area contributed by atoms with Gasteiger partial charge < -0.3 is 5.32 Å². The zero-order valence-electron chi connectivity index (χ0n) is 22.1. The minimum Gasteiger partial charge on any atom is -0.348 e. The number of rotatable bonds is 6. The lowest BCUT2D eigenvalue weighted by Gasteiger charge is -2.36. The second-order valence-corrected chi connectivity index (χ2v) is 11.1. The molecule has 6 rings (SSSR count). The van der Waals surface area contributed by atoms with E-state index in [1.54, 1.807) is 10.9 Å². The van der Waals surface area contributed by atoms with Crippen molar-refractivity contribution in [3.8, 4) is 6.07 Å². The van der Waals surface area contributed by atoms with Crippen molar-refractivity contribution in [2.75, 3.05) is 11.4 Å². The number of nitrogens with zero attached hydrogens (tertiary/aromatic N) is 6. The number of pyridine rings is 1. The van der Waals surface area contributed by atoms with Crippen molar-refractivity contribution in [2.24, 2.45) is 11.8 Å². The highest BCUT2D eigenvalue weighted by Gasteiger charge is 2.53. The van der Waals surface area contributed by atoms with E-state index in [4.69, 9.17) is 0 Å². The van der Waals surface area contributed by atoms with E-state index in [1.807, 2.05) is 50.9 Å². The molecule has 2 aliphatic carbocycles. The van der Waals surface area contributed by atoms with Gasteiger partial charge in [0.1, 0.15) is 5.82 Å². The number of hydrogen-bond donors (Lipinski definition) is 1. The molecule has 1 saturated heterocycles. The molecule has 2 aromatic heterocycles. The number of amides is 2. The van der Waals surface area contributed by atoms with E-state index in [-0.39, 0.29) is 41.4 Å². The molecule has 194 valence electrons. The first kappa shape index (κ1) is 24.3. The van der Waals surface area contributed by atoms with Crippen LogP contribution in [0.15, 0.2) is 30.6 Å². The quantitative estimate of drug-likeness (QED) is 0.541. The number of hydrogen-bond acceptors (Lipinski definition) is 6. The van der Waals surface area contributed by atoms with Gasteiger partial charge in [0.15, 0.2) is 5.69 Å². The van der Waals surface area contributed by atoms with Gasteiger partial charge in [-0.2, -0.15) is 5.26 Å². The molecule has 1 unspecified atom stereocenters. The van der Waals surface area contributed by atoms with E-state index in [0.717, 1.165) is 59.4 Å². The SMILES string of the molecule is Cc1ccc(C#N)c([C@H]2C[C@@H](NC(=O)c3cn(C(C)c4cnc(N5C[C@H]6C[C@H]6C5=O)c(C)c4C)nn3)C2)c1. The number of piperidine rings is 1. The van der Waals surface area contributed by atoms with Crippen molar-refractivity contribution in [1.82, 2.24) is 25.3 Å². The van der Waals surface area contributed by atoms with Crippen LogP contribution in [0.5, 0.6) is 0 Å². The number of anilines is 1. The molecule has 0 spiro atoms. The molecule has 3 fully saturated rings. The van der Waals surface area contributed by atoms with Crippen LogP contribution in [0.4, 0.5) is 5.82 Å². The lowest BCUT2D eigenvalue weighted by atomic mass is 9.74. The van der Waals surface area contributed by atoms with Gasteiger partial charge in [0.25, 0.3) is 5.91 Å². The summed E-state index contributed by atoms with van der Waals surface area (Å²) in [6, 6.07) is 8.05. The van der Waals surface area contributed by atoms with Crippen LogP contribution in [0.3, 0.4) is 0 Å². The molecule has 2 amide bonds. The fourth-order valence-corrected chi connectivity index (χ4v) is 5.95. The number of nitrogens with one attached hydrogen (secondary N) is 1. The summed E-state index contributed by atoms with van der Waals surface area (Å²) in [5, 5.41) is 20.9. The summed E-state index contributed by atoms with van der Waals surface area (Å²) in [7, 11) is 0. The van der Waals surface area contributed by atoms with Gasteiger partial charge in [-0.1, -0.05) is 22.9 Å². The monoisotopic (exact) mass is 509 g/mol. The minimum atomic E-state index is -0.246. The summed E-state index contributed by atoms with van der Waals surface area (Å²) in [6.07, 6.45) is 6.10. The molecule has 3 aromatic rings. The average Bonchev–Trinajstić information content (AvgIpc) is 3.33. The van der Waals surface area contributed by atoms with E-state index < -0.39 is 0 Å². The Morgan fingerprint density at radius 2 is 1.97 bits per heavy atom. The second kappa shape index (κ2) is 9.05. The second-order valence-electron chi connectivity index (χ2n) is 11.1. The summed E-state index contributed by atoms with van der Waals surface area (Å²) in [5.41, 5.74) is 6.21. The van der Waals surface area contributed by atoms with Gasteiger partial charge in [-0.25, -0.2) is 9.67 Å². The Morgan fingerprint density at radius 1 is 1.18 bits per heavy atom. The van der Waals surface area contributed by atoms with E-state index >= 15 is 0 Å². The fourth-order valence-electron chi connectivity index (χ4n) is 5.95. The van der Waals surface area contributed by atoms with Gasteiger partial charge >= 0.3 is 0 Å². The largest absolute Gasteiger partial charge is 0.348 e. The van der Waals surface area contributed by atoms with Gasteiger partial charge in [-0.05, 0) is 87.1 Å². The highest BCUT2D eigenvalue weighted by molar-refractivity contribution is 5.99. The zero-order valence-corrected chi connectivity index (χ0v) is 22.1. The number of aryl methyl sites for hydroxylation is 1. The number of carbonyl (C=O) groups excluding carboxylic acids is 2. The summed E-state index contributed by atoms with van der Waals surface area (Å²) >= 11 is 0. The molecule has 38 heavy (non-hydrogen) atoms. The normalized spacial score (nSPS) is 24.4. The standard InChI is InChI=1S/C29H31N7O2/c1-15-5-6-19(11-30)23(7-15)20-8-22(9-20)32-28(37)26-14-36(34-33-26)18(4)25-12-31-27(17(3)16(25)2)35-13-21-10-24(21)29(35)38/h5-7,12,14,18,20-22,24H,8-10,13H2,1-4H3,(H,32,37)/t18?,20-,21-,22+,24-/m1/s1. The number of benzene rings is 1. The maximum atomic E-state index is 12.9. The van der Waals surface area contributed by atoms with E-state index in [9.17, 15) is 14.9 Å². The Bertz CT molecular complexity index is 1500. The fraction of sp³-hybridized carbons (Fsp3) is 0.448. The van der Waals surface area contributed by atoms with Crippen molar-refractivity contribution >= 4 is 17.6 Å². The van der Waals surface area contributed by atoms with Crippen LogP contribution in [-0.2, 0) is 4.79 Å². The van der Waals surface area contributed by atoms with Crippen LogP contribution in [0, 0.1) is 43.9 Å². The number of aromatic nitrogens is 4. The van der Waals surface area contributed by atoms with E-state index in [0.29, 0.717) is 11.5 Å². The smallest absolute Gasteiger partial charge is 0.273 e. The summed E-state index contributed by atoms with van der Waals surface area (Å²) in [6.45, 7) is 8.83. The third kappa shape index (κ3) is 4.05. The van der Waals surface area contributed by atoms with Gasteiger partial charge in [-0.15, -0.1) is 5.10 Å². The number of fused-ring (bicyclic) bond motifs is 1. The first-order valence-electron chi connectivity index (χ1n) is 13.3. The van der Waals surface area contributed by atoms with Crippen LogP contribution in [0.25, 0.3) is 0 Å². The van der Waals surface area contributed by atoms with E-state index in [2.05, 4.69) is 32.7 Å². The maximum Gasteiger partial charge on any atom is 0.273 e. The lowest BCUT2D eigenvalue weighted by Crippen LogP contribution is -2.43. The average molecular weight is 510 g/mol. The highest BCUT2D eigenvalue weighted by Crippen LogP contribution is 2.47. The molecule has 3 atom stereocenters. The summed E-state index contributed by atoms with van der Waals surface area (Å²) in [4.78, 5) is 31.9. The highest BCUT2D eigenvalue weighted by atomic mass is 16.2. The molecule has 0 bridgehead atoms. The van der Waals surface area contributed by atoms with Gasteiger partial charge in [-0.3, -0.25) is 14.5 Å².